The molecule has 0 bridgehead atoms. The fourth-order valence-corrected chi connectivity index (χ4v) is 2.28. The number of nitrogens with zero attached hydrogens (tertiary/aromatic N) is 2. The molecule has 17 heavy (non-hydrogen) atoms. The van der Waals surface area contributed by atoms with Crippen LogP contribution < -0.4 is 10.5 Å². The molecule has 2 heterocycles. The van der Waals surface area contributed by atoms with Crippen molar-refractivity contribution in [1.82, 2.24) is 9.36 Å². The Balaban J connectivity index is 1.96. The number of fused-ring (bicyclic) bond motifs is 1. The lowest BCUT2D eigenvalue weighted by Gasteiger charge is -2.04. The van der Waals surface area contributed by atoms with Gasteiger partial charge in [-0.15, -0.1) is 0 Å². The minimum absolute atomic E-state index is 0.570. The van der Waals surface area contributed by atoms with Crippen LogP contribution >= 0.6 is 11.5 Å². The lowest BCUT2D eigenvalue weighted by Crippen LogP contribution is -1.85. The molecule has 0 radical (unpaired) electrons. The van der Waals surface area contributed by atoms with E-state index >= 15 is 0 Å². The molecule has 2 N–H and O–H groups in total. The predicted molar refractivity (Wildman–Crippen MR) is 68.3 cm³/mol. The summed E-state index contributed by atoms with van der Waals surface area (Å²) >= 11 is 1.37. The zero-order valence-corrected chi connectivity index (χ0v) is 9.65. The van der Waals surface area contributed by atoms with Gasteiger partial charge in [-0.3, -0.25) is 4.98 Å². The maximum atomic E-state index is 5.73. The van der Waals surface area contributed by atoms with E-state index in [1.165, 1.54) is 11.5 Å². The molecule has 0 unspecified atom stereocenters. The third-order valence-electron chi connectivity index (χ3n) is 2.36. The minimum Gasteiger partial charge on any atom is -0.457 e. The van der Waals surface area contributed by atoms with Crippen LogP contribution in [0.15, 0.2) is 42.7 Å². The number of hydrogen-bond donors (Lipinski definition) is 1. The van der Waals surface area contributed by atoms with E-state index in [2.05, 4.69) is 9.36 Å². The third-order valence-corrected chi connectivity index (χ3v) is 3.18. The second kappa shape index (κ2) is 4.03. The summed E-state index contributed by atoms with van der Waals surface area (Å²) in [5, 5.41) is 0.970. The van der Waals surface area contributed by atoms with Gasteiger partial charge in [-0.05, 0) is 35.8 Å². The maximum absolute atomic E-state index is 5.73. The van der Waals surface area contributed by atoms with E-state index in [-0.39, 0.29) is 0 Å². The Morgan fingerprint density at radius 2 is 1.88 bits per heavy atom. The summed E-state index contributed by atoms with van der Waals surface area (Å²) in [4.78, 5) is 3.94. The Labute approximate surface area is 102 Å². The smallest absolute Gasteiger partial charge is 0.144 e. The molecule has 0 fully saturated rings. The van der Waals surface area contributed by atoms with Crippen molar-refractivity contribution in [2.45, 2.75) is 0 Å². The number of hydrogen-bond acceptors (Lipinski definition) is 5. The SMILES string of the molecule is Nc1nsc2cc(Oc3ccncc3)ccc12. The van der Waals surface area contributed by atoms with Gasteiger partial charge in [0.2, 0.25) is 0 Å². The van der Waals surface area contributed by atoms with Gasteiger partial charge in [-0.1, -0.05) is 0 Å². The number of rotatable bonds is 2. The molecule has 0 amide bonds. The molecule has 3 aromatic rings. The normalized spacial score (nSPS) is 10.6. The average Bonchev–Trinajstić information content (AvgIpc) is 2.72. The van der Waals surface area contributed by atoms with Crippen LogP contribution in [0.4, 0.5) is 5.82 Å². The first-order valence-electron chi connectivity index (χ1n) is 5.06. The molecule has 0 aliphatic heterocycles. The van der Waals surface area contributed by atoms with Crippen LogP contribution in [0.5, 0.6) is 11.5 Å². The molecule has 1 aromatic carbocycles. The van der Waals surface area contributed by atoms with Gasteiger partial charge in [0.05, 0.1) is 4.70 Å². The number of ether oxygens (including phenoxy) is 1. The number of aromatic nitrogens is 2. The fourth-order valence-electron chi connectivity index (χ4n) is 1.54. The molecule has 0 aliphatic rings. The summed E-state index contributed by atoms with van der Waals surface area (Å²) in [6, 6.07) is 9.36. The molecular weight excluding hydrogens is 234 g/mol. The molecule has 4 nitrogen and oxygen atoms in total. The number of benzene rings is 1. The van der Waals surface area contributed by atoms with E-state index in [4.69, 9.17) is 10.5 Å². The van der Waals surface area contributed by atoms with Crippen molar-refractivity contribution >= 4 is 27.4 Å². The second-order valence-electron chi connectivity index (χ2n) is 3.51. The summed E-state index contributed by atoms with van der Waals surface area (Å²) < 4.78 is 10.8. The summed E-state index contributed by atoms with van der Waals surface area (Å²) in [6.45, 7) is 0. The van der Waals surface area contributed by atoms with Crippen molar-refractivity contribution in [3.8, 4) is 11.5 Å². The first kappa shape index (κ1) is 10.0. The summed E-state index contributed by atoms with van der Waals surface area (Å²) in [6.07, 6.45) is 3.39. The van der Waals surface area contributed by atoms with Gasteiger partial charge in [0.15, 0.2) is 0 Å². The third kappa shape index (κ3) is 1.92. The number of pyridine rings is 1. The predicted octanol–water partition coefficient (Wildman–Crippen LogP) is 3.07. The van der Waals surface area contributed by atoms with E-state index in [9.17, 15) is 0 Å². The number of nitrogen functional groups attached to an aromatic ring is 1. The van der Waals surface area contributed by atoms with E-state index in [0.29, 0.717) is 5.82 Å². The van der Waals surface area contributed by atoms with Gasteiger partial charge in [0, 0.05) is 23.8 Å². The Bertz CT molecular complexity index is 651. The van der Waals surface area contributed by atoms with Crippen molar-refractivity contribution in [3.63, 3.8) is 0 Å². The second-order valence-corrected chi connectivity index (χ2v) is 4.32. The van der Waals surface area contributed by atoms with Crippen LogP contribution in [-0.4, -0.2) is 9.36 Å². The van der Waals surface area contributed by atoms with E-state index in [1.54, 1.807) is 12.4 Å². The van der Waals surface area contributed by atoms with E-state index in [0.717, 1.165) is 21.6 Å². The Morgan fingerprint density at radius 3 is 2.71 bits per heavy atom. The highest BCUT2D eigenvalue weighted by Gasteiger charge is 2.04. The average molecular weight is 243 g/mol. The highest BCUT2D eigenvalue weighted by Crippen LogP contribution is 2.30. The lowest BCUT2D eigenvalue weighted by atomic mass is 10.2. The van der Waals surface area contributed by atoms with Crippen LogP contribution in [0.1, 0.15) is 0 Å². The monoisotopic (exact) mass is 243 g/mol. The highest BCUT2D eigenvalue weighted by atomic mass is 32.1. The molecule has 84 valence electrons. The molecule has 0 atom stereocenters. The van der Waals surface area contributed by atoms with Crippen molar-refractivity contribution in [2.24, 2.45) is 0 Å². The van der Waals surface area contributed by atoms with E-state index < -0.39 is 0 Å². The standard InChI is InChI=1S/C12H9N3OS/c13-12-10-2-1-9(7-11(10)17-15-12)16-8-3-5-14-6-4-8/h1-7H,(H2,13,15). The lowest BCUT2D eigenvalue weighted by molar-refractivity contribution is 0.483. The van der Waals surface area contributed by atoms with Gasteiger partial charge in [-0.25, -0.2) is 0 Å². The summed E-state index contributed by atoms with van der Waals surface area (Å²) in [5.74, 6) is 2.10. The molecule has 3 rings (SSSR count). The van der Waals surface area contributed by atoms with Crippen LogP contribution in [0.2, 0.25) is 0 Å². The largest absolute Gasteiger partial charge is 0.457 e. The quantitative estimate of drug-likeness (QED) is 0.751. The molecule has 0 saturated carbocycles. The Kier molecular flexibility index (Phi) is 2.38. The molecule has 0 aliphatic carbocycles. The molecule has 2 aromatic heterocycles. The van der Waals surface area contributed by atoms with Gasteiger partial charge in [0.1, 0.15) is 17.3 Å². The summed E-state index contributed by atoms with van der Waals surface area (Å²) in [7, 11) is 0. The fraction of sp³-hybridized carbons (Fsp3) is 0. The Morgan fingerprint density at radius 1 is 1.06 bits per heavy atom. The van der Waals surface area contributed by atoms with Crippen LogP contribution in [0, 0.1) is 0 Å². The zero-order valence-electron chi connectivity index (χ0n) is 8.83. The van der Waals surface area contributed by atoms with Gasteiger partial charge in [0.25, 0.3) is 0 Å². The van der Waals surface area contributed by atoms with Crippen molar-refractivity contribution < 1.29 is 4.74 Å². The number of anilines is 1. The zero-order chi connectivity index (χ0) is 11.7. The number of nitrogens with two attached hydrogens (primary N) is 1. The Hall–Kier alpha value is -2.14. The van der Waals surface area contributed by atoms with Crippen molar-refractivity contribution in [1.29, 1.82) is 0 Å². The first-order valence-corrected chi connectivity index (χ1v) is 5.83. The molecule has 5 heteroatoms. The maximum Gasteiger partial charge on any atom is 0.144 e. The van der Waals surface area contributed by atoms with Gasteiger partial charge in [-0.2, -0.15) is 4.37 Å². The van der Waals surface area contributed by atoms with E-state index in [1.807, 2.05) is 30.3 Å². The first-order chi connectivity index (χ1) is 8.33. The molecule has 0 spiro atoms. The van der Waals surface area contributed by atoms with Gasteiger partial charge >= 0.3 is 0 Å². The minimum atomic E-state index is 0.570. The summed E-state index contributed by atoms with van der Waals surface area (Å²) in [5.41, 5.74) is 5.73. The topological polar surface area (TPSA) is 61.0 Å². The molecular formula is C12H9N3OS. The van der Waals surface area contributed by atoms with Crippen molar-refractivity contribution in [3.05, 3.63) is 42.7 Å². The molecule has 0 saturated heterocycles. The van der Waals surface area contributed by atoms with Crippen LogP contribution in [-0.2, 0) is 0 Å². The van der Waals surface area contributed by atoms with Gasteiger partial charge < -0.3 is 10.5 Å². The highest BCUT2D eigenvalue weighted by molar-refractivity contribution is 7.13. The van der Waals surface area contributed by atoms with Crippen LogP contribution in [0.25, 0.3) is 10.1 Å². The van der Waals surface area contributed by atoms with Crippen LogP contribution in [0.3, 0.4) is 0 Å². The van der Waals surface area contributed by atoms with Crippen molar-refractivity contribution in [2.75, 3.05) is 5.73 Å².